The molecule has 0 saturated carbocycles. The summed E-state index contributed by atoms with van der Waals surface area (Å²) >= 11 is 0.890. The molecule has 1 unspecified atom stereocenters. The Balaban J connectivity index is 2.22. The summed E-state index contributed by atoms with van der Waals surface area (Å²) < 4.78 is 13.7. The molecule has 0 spiro atoms. The summed E-state index contributed by atoms with van der Waals surface area (Å²) in [4.78, 5) is 35.5. The second-order valence-electron chi connectivity index (χ2n) is 4.24. The highest BCUT2D eigenvalue weighted by Crippen LogP contribution is 2.33. The lowest BCUT2D eigenvalue weighted by Gasteiger charge is -2.12. The van der Waals surface area contributed by atoms with Gasteiger partial charge in [-0.1, -0.05) is 0 Å². The van der Waals surface area contributed by atoms with E-state index in [1.807, 2.05) is 0 Å². The van der Waals surface area contributed by atoms with Crippen molar-refractivity contribution in [3.8, 4) is 0 Å². The smallest absolute Gasteiger partial charge is 0.335 e. The van der Waals surface area contributed by atoms with E-state index in [1.54, 1.807) is 6.92 Å². The lowest BCUT2D eigenvalue weighted by Crippen LogP contribution is -2.30. The SMILES string of the molecule is CCN1C(=O)CC(Sc2cc(C(=O)O)ccc2F)C1=O. The second kappa shape index (κ2) is 5.62. The Hall–Kier alpha value is -1.89. The molecular formula is C13H12FNO4S. The Bertz CT molecular complexity index is 590. The van der Waals surface area contributed by atoms with E-state index in [-0.39, 0.29) is 35.2 Å². The molecule has 1 fully saturated rings. The highest BCUT2D eigenvalue weighted by molar-refractivity contribution is 8.00. The standard InChI is InChI=1S/C13H12FNO4S/c1-2-15-11(16)6-10(12(15)17)20-9-5-7(13(18)19)3-4-8(9)14/h3-5,10H,2,6H2,1H3,(H,18,19). The molecule has 1 aromatic carbocycles. The fourth-order valence-electron chi connectivity index (χ4n) is 1.96. The number of carbonyl (C=O) groups is 3. The molecule has 7 heteroatoms. The molecule has 2 amide bonds. The minimum absolute atomic E-state index is 0.00801. The first-order chi connectivity index (χ1) is 9.43. The number of imide groups is 1. The van der Waals surface area contributed by atoms with Crippen molar-refractivity contribution in [1.29, 1.82) is 0 Å². The van der Waals surface area contributed by atoms with Gasteiger partial charge in [0.1, 0.15) is 5.82 Å². The van der Waals surface area contributed by atoms with E-state index >= 15 is 0 Å². The van der Waals surface area contributed by atoms with Crippen LogP contribution in [0.1, 0.15) is 23.7 Å². The monoisotopic (exact) mass is 297 g/mol. The van der Waals surface area contributed by atoms with Gasteiger partial charge in [-0.15, -0.1) is 11.8 Å². The molecule has 0 radical (unpaired) electrons. The van der Waals surface area contributed by atoms with Gasteiger partial charge in [0, 0.05) is 17.9 Å². The Morgan fingerprint density at radius 1 is 1.50 bits per heavy atom. The third kappa shape index (κ3) is 2.67. The number of halogens is 1. The number of benzene rings is 1. The van der Waals surface area contributed by atoms with Gasteiger partial charge in [0.25, 0.3) is 0 Å². The lowest BCUT2D eigenvalue weighted by atomic mass is 10.2. The number of rotatable bonds is 4. The molecule has 0 aliphatic carbocycles. The number of hydrogen-bond donors (Lipinski definition) is 1. The predicted octanol–water partition coefficient (Wildman–Crippen LogP) is 1.76. The van der Waals surface area contributed by atoms with Crippen molar-refractivity contribution in [2.75, 3.05) is 6.54 Å². The van der Waals surface area contributed by atoms with Crippen LogP contribution >= 0.6 is 11.8 Å². The summed E-state index contributed by atoms with van der Waals surface area (Å²) in [5.41, 5.74) is -0.0574. The highest BCUT2D eigenvalue weighted by atomic mass is 32.2. The summed E-state index contributed by atoms with van der Waals surface area (Å²) in [6.07, 6.45) is 0.00801. The molecule has 1 heterocycles. The number of amides is 2. The van der Waals surface area contributed by atoms with Crippen molar-refractivity contribution < 1.29 is 23.9 Å². The summed E-state index contributed by atoms with van der Waals surface area (Å²) in [5.74, 6) is -2.42. The quantitative estimate of drug-likeness (QED) is 0.857. The van der Waals surface area contributed by atoms with E-state index < -0.39 is 17.0 Å². The molecule has 1 saturated heterocycles. The number of hydrogen-bond acceptors (Lipinski definition) is 4. The van der Waals surface area contributed by atoms with E-state index in [4.69, 9.17) is 5.11 Å². The lowest BCUT2D eigenvalue weighted by molar-refractivity contribution is -0.137. The first-order valence-corrected chi connectivity index (χ1v) is 6.85. The van der Waals surface area contributed by atoms with Crippen molar-refractivity contribution in [2.24, 2.45) is 0 Å². The first kappa shape index (κ1) is 14.5. The minimum atomic E-state index is -1.17. The molecule has 1 aliphatic rings. The number of aromatic carboxylic acids is 1. The zero-order chi connectivity index (χ0) is 14.9. The van der Waals surface area contributed by atoms with Gasteiger partial charge in [-0.05, 0) is 25.1 Å². The minimum Gasteiger partial charge on any atom is -0.478 e. The summed E-state index contributed by atoms with van der Waals surface area (Å²) in [6, 6.07) is 3.38. The third-order valence-corrected chi connectivity index (χ3v) is 4.19. The molecule has 1 atom stereocenters. The topological polar surface area (TPSA) is 74.7 Å². The average Bonchev–Trinajstić information content (AvgIpc) is 2.66. The van der Waals surface area contributed by atoms with Crippen molar-refractivity contribution in [3.63, 3.8) is 0 Å². The fraction of sp³-hybridized carbons (Fsp3) is 0.308. The molecule has 0 bridgehead atoms. The second-order valence-corrected chi connectivity index (χ2v) is 5.48. The van der Waals surface area contributed by atoms with Crippen LogP contribution in [0.15, 0.2) is 23.1 Å². The maximum atomic E-state index is 13.7. The van der Waals surface area contributed by atoms with Gasteiger partial charge in [0.2, 0.25) is 11.8 Å². The molecular weight excluding hydrogens is 285 g/mol. The van der Waals surface area contributed by atoms with Gasteiger partial charge in [0.15, 0.2) is 0 Å². The van der Waals surface area contributed by atoms with Crippen LogP contribution in [-0.2, 0) is 9.59 Å². The molecule has 1 aromatic rings. The average molecular weight is 297 g/mol. The number of thioether (sulfide) groups is 1. The van der Waals surface area contributed by atoms with Crippen molar-refractivity contribution in [2.45, 2.75) is 23.5 Å². The van der Waals surface area contributed by atoms with E-state index in [2.05, 4.69) is 0 Å². The molecule has 1 aliphatic heterocycles. The van der Waals surface area contributed by atoms with Crippen LogP contribution in [0.5, 0.6) is 0 Å². The predicted molar refractivity (Wildman–Crippen MR) is 70.0 cm³/mol. The molecule has 20 heavy (non-hydrogen) atoms. The number of nitrogens with zero attached hydrogens (tertiary/aromatic N) is 1. The summed E-state index contributed by atoms with van der Waals surface area (Å²) in [7, 11) is 0. The third-order valence-electron chi connectivity index (χ3n) is 2.97. The van der Waals surface area contributed by atoms with E-state index in [9.17, 15) is 18.8 Å². The number of likely N-dealkylation sites (tertiary alicyclic amines) is 1. The van der Waals surface area contributed by atoms with Gasteiger partial charge < -0.3 is 5.11 Å². The molecule has 5 nitrogen and oxygen atoms in total. The Labute approximate surface area is 118 Å². The maximum absolute atomic E-state index is 13.7. The van der Waals surface area contributed by atoms with Crippen LogP contribution in [0.4, 0.5) is 4.39 Å². The van der Waals surface area contributed by atoms with Gasteiger partial charge in [-0.25, -0.2) is 9.18 Å². The number of carboxylic acid groups (broad SMARTS) is 1. The summed E-state index contributed by atoms with van der Waals surface area (Å²) in [5, 5.41) is 8.18. The first-order valence-electron chi connectivity index (χ1n) is 5.97. The van der Waals surface area contributed by atoms with E-state index in [0.29, 0.717) is 0 Å². The van der Waals surface area contributed by atoms with Crippen LogP contribution < -0.4 is 0 Å². The van der Waals surface area contributed by atoms with Gasteiger partial charge in [0.05, 0.1) is 10.8 Å². The zero-order valence-corrected chi connectivity index (χ0v) is 11.4. The fourth-order valence-corrected chi connectivity index (χ4v) is 3.09. The van der Waals surface area contributed by atoms with Crippen LogP contribution in [0.2, 0.25) is 0 Å². The zero-order valence-electron chi connectivity index (χ0n) is 10.6. The Morgan fingerprint density at radius 3 is 2.75 bits per heavy atom. The molecule has 106 valence electrons. The van der Waals surface area contributed by atoms with Crippen LogP contribution in [0, 0.1) is 5.82 Å². The van der Waals surface area contributed by atoms with Crippen LogP contribution in [0.25, 0.3) is 0 Å². The van der Waals surface area contributed by atoms with E-state index in [0.717, 1.165) is 28.8 Å². The van der Waals surface area contributed by atoms with Crippen LogP contribution in [-0.4, -0.2) is 39.6 Å². The van der Waals surface area contributed by atoms with Gasteiger partial charge >= 0.3 is 5.97 Å². The van der Waals surface area contributed by atoms with Crippen molar-refractivity contribution in [1.82, 2.24) is 4.90 Å². The normalized spacial score (nSPS) is 18.7. The van der Waals surface area contributed by atoms with Crippen molar-refractivity contribution >= 4 is 29.5 Å². The molecule has 0 aromatic heterocycles. The highest BCUT2D eigenvalue weighted by Gasteiger charge is 2.38. The van der Waals surface area contributed by atoms with Crippen molar-refractivity contribution in [3.05, 3.63) is 29.6 Å². The largest absolute Gasteiger partial charge is 0.478 e. The molecule has 1 N–H and O–H groups in total. The Kier molecular flexibility index (Phi) is 4.08. The van der Waals surface area contributed by atoms with Crippen LogP contribution in [0.3, 0.4) is 0 Å². The number of carboxylic acids is 1. The van der Waals surface area contributed by atoms with Gasteiger partial charge in [-0.3, -0.25) is 14.5 Å². The number of carbonyl (C=O) groups excluding carboxylic acids is 2. The summed E-state index contributed by atoms with van der Waals surface area (Å²) in [6.45, 7) is 1.97. The maximum Gasteiger partial charge on any atom is 0.335 e. The van der Waals surface area contributed by atoms with E-state index in [1.165, 1.54) is 6.07 Å². The molecule has 2 rings (SSSR count). The van der Waals surface area contributed by atoms with Gasteiger partial charge in [-0.2, -0.15) is 0 Å². The Morgan fingerprint density at radius 2 is 2.20 bits per heavy atom.